The van der Waals surface area contributed by atoms with Crippen LogP contribution in [0.15, 0.2) is 72.8 Å². The fourth-order valence-electron chi connectivity index (χ4n) is 4.18. The highest BCUT2D eigenvalue weighted by Gasteiger charge is 2.22. The van der Waals surface area contributed by atoms with Crippen LogP contribution in [0.4, 0.5) is 5.69 Å². The molecule has 0 radical (unpaired) electrons. The first-order valence-electron chi connectivity index (χ1n) is 11.2. The van der Waals surface area contributed by atoms with Gasteiger partial charge in [0.2, 0.25) is 5.91 Å². The molecular formula is C28H27NO4. The van der Waals surface area contributed by atoms with Crippen LogP contribution < -0.4 is 10.1 Å². The predicted molar refractivity (Wildman–Crippen MR) is 130 cm³/mol. The van der Waals surface area contributed by atoms with Crippen LogP contribution in [0.2, 0.25) is 0 Å². The van der Waals surface area contributed by atoms with E-state index in [1.807, 2.05) is 54.6 Å². The summed E-state index contributed by atoms with van der Waals surface area (Å²) in [4.78, 5) is 23.7. The highest BCUT2D eigenvalue weighted by atomic mass is 16.5. The summed E-state index contributed by atoms with van der Waals surface area (Å²) in [5.41, 5.74) is 5.87. The zero-order valence-electron chi connectivity index (χ0n) is 18.6. The Morgan fingerprint density at radius 2 is 1.67 bits per heavy atom. The second kappa shape index (κ2) is 10.2. The summed E-state index contributed by atoms with van der Waals surface area (Å²) in [6.07, 6.45) is 3.03. The number of nitrogens with one attached hydrogen (secondary N) is 1. The number of ether oxygens (including phenoxy) is 1. The molecule has 0 heterocycles. The molecule has 0 aromatic heterocycles. The number of carbonyl (C=O) groups excluding carboxylic acids is 1. The Labute approximate surface area is 193 Å². The van der Waals surface area contributed by atoms with Crippen LogP contribution in [0.3, 0.4) is 0 Å². The lowest BCUT2D eigenvalue weighted by atomic mass is 9.95. The van der Waals surface area contributed by atoms with E-state index < -0.39 is 5.97 Å². The smallest absolute Gasteiger partial charge is 0.335 e. The molecule has 0 fully saturated rings. The van der Waals surface area contributed by atoms with E-state index >= 15 is 0 Å². The summed E-state index contributed by atoms with van der Waals surface area (Å²) in [7, 11) is 0. The average Bonchev–Trinajstić information content (AvgIpc) is 3.33. The maximum absolute atomic E-state index is 11.9. The van der Waals surface area contributed by atoms with Gasteiger partial charge in [-0.2, -0.15) is 0 Å². The molecule has 0 atom stereocenters. The molecule has 0 unspecified atom stereocenters. The van der Waals surface area contributed by atoms with Crippen molar-refractivity contribution < 1.29 is 19.4 Å². The number of amides is 1. The van der Waals surface area contributed by atoms with E-state index in [-0.39, 0.29) is 11.5 Å². The van der Waals surface area contributed by atoms with E-state index in [9.17, 15) is 14.7 Å². The Kier molecular flexibility index (Phi) is 6.89. The highest BCUT2D eigenvalue weighted by Crippen LogP contribution is 2.43. The largest absolute Gasteiger partial charge is 0.488 e. The van der Waals surface area contributed by atoms with Crippen LogP contribution in [0, 0.1) is 0 Å². The molecular weight excluding hydrogens is 414 g/mol. The van der Waals surface area contributed by atoms with Gasteiger partial charge in [0.1, 0.15) is 12.4 Å². The summed E-state index contributed by atoms with van der Waals surface area (Å²) >= 11 is 0. The van der Waals surface area contributed by atoms with Gasteiger partial charge in [0.25, 0.3) is 0 Å². The summed E-state index contributed by atoms with van der Waals surface area (Å²) in [5.74, 6) is -0.357. The first-order valence-corrected chi connectivity index (χ1v) is 11.2. The number of para-hydroxylation sites is 1. The fraction of sp³-hybridized carbons (Fsp3) is 0.214. The minimum Gasteiger partial charge on any atom is -0.488 e. The van der Waals surface area contributed by atoms with E-state index in [0.717, 1.165) is 52.8 Å². The van der Waals surface area contributed by atoms with Gasteiger partial charge in [-0.15, -0.1) is 0 Å². The highest BCUT2D eigenvalue weighted by molar-refractivity contribution is 5.99. The van der Waals surface area contributed by atoms with Crippen molar-refractivity contribution in [3.8, 4) is 5.75 Å². The van der Waals surface area contributed by atoms with Crippen LogP contribution in [0.5, 0.6) is 5.75 Å². The molecule has 0 saturated carbocycles. The van der Waals surface area contributed by atoms with Gasteiger partial charge in [-0.1, -0.05) is 55.5 Å². The van der Waals surface area contributed by atoms with Crippen molar-refractivity contribution in [2.24, 2.45) is 0 Å². The fourth-order valence-corrected chi connectivity index (χ4v) is 4.18. The molecule has 33 heavy (non-hydrogen) atoms. The third kappa shape index (κ3) is 5.32. The minimum atomic E-state index is -1.02. The molecule has 2 N–H and O–H groups in total. The van der Waals surface area contributed by atoms with E-state index in [1.165, 1.54) is 6.07 Å². The van der Waals surface area contributed by atoms with Gasteiger partial charge in [-0.05, 0) is 65.8 Å². The summed E-state index contributed by atoms with van der Waals surface area (Å²) in [5, 5.41) is 12.4. The molecule has 0 spiro atoms. The number of benzene rings is 3. The summed E-state index contributed by atoms with van der Waals surface area (Å²) < 4.78 is 6.19. The van der Waals surface area contributed by atoms with Crippen molar-refractivity contribution in [3.05, 3.63) is 95.1 Å². The van der Waals surface area contributed by atoms with Gasteiger partial charge in [0.15, 0.2) is 0 Å². The number of rotatable bonds is 8. The number of anilines is 1. The maximum Gasteiger partial charge on any atom is 0.335 e. The minimum absolute atomic E-state index is 0.149. The van der Waals surface area contributed by atoms with Crippen molar-refractivity contribution >= 4 is 28.7 Å². The number of carbonyl (C=O) groups is 2. The molecule has 1 aliphatic rings. The number of hydrogen-bond acceptors (Lipinski definition) is 3. The second-order valence-corrected chi connectivity index (χ2v) is 8.09. The predicted octanol–water partition coefficient (Wildman–Crippen LogP) is 6.41. The lowest BCUT2D eigenvalue weighted by Gasteiger charge is -2.16. The molecule has 3 aromatic carbocycles. The van der Waals surface area contributed by atoms with Crippen molar-refractivity contribution in [3.63, 3.8) is 0 Å². The monoisotopic (exact) mass is 441 g/mol. The molecule has 4 rings (SSSR count). The Morgan fingerprint density at radius 3 is 2.42 bits per heavy atom. The Morgan fingerprint density at radius 1 is 0.939 bits per heavy atom. The van der Waals surface area contributed by atoms with E-state index in [1.54, 1.807) is 13.0 Å². The van der Waals surface area contributed by atoms with Crippen molar-refractivity contribution in [2.45, 2.75) is 39.2 Å². The number of carboxylic acid groups (broad SMARTS) is 1. The van der Waals surface area contributed by atoms with Gasteiger partial charge in [-0.25, -0.2) is 4.79 Å². The van der Waals surface area contributed by atoms with Crippen LogP contribution in [0.25, 0.3) is 11.1 Å². The zero-order chi connectivity index (χ0) is 23.2. The number of allylic oxidation sites excluding steroid dienone is 2. The van der Waals surface area contributed by atoms with Crippen molar-refractivity contribution in [2.75, 3.05) is 5.32 Å². The third-order valence-corrected chi connectivity index (χ3v) is 5.80. The number of aromatic carboxylic acids is 1. The molecule has 1 amide bonds. The SMILES string of the molecule is CCC(=O)Nc1cc(C(=O)O)cc(C2=C(c3ccccc3OCc3ccccc3)CCC2)c1. The van der Waals surface area contributed by atoms with Gasteiger partial charge in [0.05, 0.1) is 5.56 Å². The molecule has 0 aliphatic heterocycles. The first-order chi connectivity index (χ1) is 16.0. The normalized spacial score (nSPS) is 13.1. The van der Waals surface area contributed by atoms with E-state index in [0.29, 0.717) is 18.7 Å². The maximum atomic E-state index is 11.9. The second-order valence-electron chi connectivity index (χ2n) is 8.09. The Balaban J connectivity index is 1.72. The first kappa shape index (κ1) is 22.3. The Hall–Kier alpha value is -3.86. The summed E-state index contributed by atoms with van der Waals surface area (Å²) in [6, 6.07) is 23.1. The topological polar surface area (TPSA) is 75.6 Å². The molecule has 5 heteroatoms. The molecule has 0 saturated heterocycles. The van der Waals surface area contributed by atoms with Crippen molar-refractivity contribution in [1.29, 1.82) is 0 Å². The zero-order valence-corrected chi connectivity index (χ0v) is 18.6. The van der Waals surface area contributed by atoms with Crippen LogP contribution in [-0.2, 0) is 11.4 Å². The quantitative estimate of drug-likeness (QED) is 0.424. The number of carboxylic acids is 1. The van der Waals surface area contributed by atoms with Gasteiger partial charge in [0, 0.05) is 17.7 Å². The lowest BCUT2D eigenvalue weighted by Crippen LogP contribution is -2.11. The lowest BCUT2D eigenvalue weighted by molar-refractivity contribution is -0.115. The van der Waals surface area contributed by atoms with E-state index in [2.05, 4.69) is 11.4 Å². The van der Waals surface area contributed by atoms with Crippen LogP contribution in [0.1, 0.15) is 59.7 Å². The molecule has 0 bridgehead atoms. The standard InChI is InChI=1S/C28H27NO4/c1-2-27(30)29-22-16-20(15-21(17-22)28(31)32)23-12-8-13-24(23)25-11-6-7-14-26(25)33-18-19-9-4-3-5-10-19/h3-7,9-11,14-17H,2,8,12-13,18H2,1H3,(H,29,30)(H,31,32). The summed E-state index contributed by atoms with van der Waals surface area (Å²) in [6.45, 7) is 2.24. The third-order valence-electron chi connectivity index (χ3n) is 5.80. The molecule has 5 nitrogen and oxygen atoms in total. The molecule has 1 aliphatic carbocycles. The van der Waals surface area contributed by atoms with Gasteiger partial charge >= 0.3 is 5.97 Å². The Bertz CT molecular complexity index is 1200. The molecule has 168 valence electrons. The average molecular weight is 442 g/mol. The molecule has 3 aromatic rings. The number of hydrogen-bond donors (Lipinski definition) is 2. The van der Waals surface area contributed by atoms with Gasteiger partial charge < -0.3 is 15.2 Å². The van der Waals surface area contributed by atoms with Crippen LogP contribution in [-0.4, -0.2) is 17.0 Å². The van der Waals surface area contributed by atoms with Crippen molar-refractivity contribution in [1.82, 2.24) is 0 Å². The van der Waals surface area contributed by atoms with E-state index in [4.69, 9.17) is 4.74 Å². The van der Waals surface area contributed by atoms with Crippen LogP contribution >= 0.6 is 0 Å². The van der Waals surface area contributed by atoms with Gasteiger partial charge in [-0.3, -0.25) is 4.79 Å².